The SMILES string of the molecule is CC(C)(C)[C@H](NC(=O)C(F)(F)F)C(=O)N1C[C@H]2[C@@H]([C@H]1C(=O)N[C@H](C#N)C[C@@H]1CC3(CCC3)NC1=O)[C@H]1C=C[C@@H]2C1. The van der Waals surface area contributed by atoms with Gasteiger partial charge in [0.1, 0.15) is 18.1 Å². The molecular weight excluding hydrogens is 527 g/mol. The number of carbonyl (C=O) groups is 4. The van der Waals surface area contributed by atoms with E-state index in [9.17, 15) is 37.6 Å². The fraction of sp³-hybridized carbons (Fsp3) is 0.750. The third-order valence-corrected chi connectivity index (χ3v) is 9.69. The molecular formula is C28H36F3N5O4. The van der Waals surface area contributed by atoms with E-state index in [2.05, 4.69) is 22.8 Å². The quantitative estimate of drug-likeness (QED) is 0.427. The predicted molar refractivity (Wildman–Crippen MR) is 136 cm³/mol. The Hall–Kier alpha value is -3.10. The van der Waals surface area contributed by atoms with E-state index in [1.165, 1.54) is 4.90 Å². The lowest BCUT2D eigenvalue weighted by Gasteiger charge is -2.38. The molecule has 5 rings (SSSR count). The van der Waals surface area contributed by atoms with Crippen LogP contribution in [0.4, 0.5) is 13.2 Å². The molecule has 40 heavy (non-hydrogen) atoms. The highest BCUT2D eigenvalue weighted by molar-refractivity contribution is 5.94. The number of nitriles is 1. The molecule has 0 aromatic carbocycles. The average Bonchev–Trinajstić information content (AvgIpc) is 3.60. The van der Waals surface area contributed by atoms with Crippen LogP contribution in [-0.2, 0) is 19.2 Å². The van der Waals surface area contributed by atoms with Crippen molar-refractivity contribution in [1.82, 2.24) is 20.9 Å². The number of hydrogen-bond acceptors (Lipinski definition) is 5. The summed E-state index contributed by atoms with van der Waals surface area (Å²) in [5, 5.41) is 17.5. The number of amides is 4. The molecule has 0 unspecified atom stereocenters. The number of rotatable bonds is 6. The number of likely N-dealkylation sites (tertiary alicyclic amines) is 1. The van der Waals surface area contributed by atoms with Crippen LogP contribution >= 0.6 is 0 Å². The molecule has 5 aliphatic rings. The molecule has 4 amide bonds. The fourth-order valence-electron chi connectivity index (χ4n) is 7.59. The summed E-state index contributed by atoms with van der Waals surface area (Å²) in [5.74, 6) is -4.18. The Labute approximate surface area is 231 Å². The predicted octanol–water partition coefficient (Wildman–Crippen LogP) is 2.19. The normalized spacial score (nSPS) is 33.1. The van der Waals surface area contributed by atoms with Gasteiger partial charge in [0.05, 0.1) is 6.07 Å². The number of hydrogen-bond donors (Lipinski definition) is 3. The lowest BCUT2D eigenvalue weighted by atomic mass is 9.74. The molecule has 0 aromatic heterocycles. The van der Waals surface area contributed by atoms with Gasteiger partial charge in [0.15, 0.2) is 0 Å². The van der Waals surface area contributed by atoms with Gasteiger partial charge in [-0.05, 0) is 67.6 Å². The number of halogens is 3. The molecule has 3 N–H and O–H groups in total. The Morgan fingerprint density at radius 3 is 2.40 bits per heavy atom. The van der Waals surface area contributed by atoms with Gasteiger partial charge < -0.3 is 20.9 Å². The van der Waals surface area contributed by atoms with Crippen molar-refractivity contribution in [2.24, 2.45) is 35.0 Å². The summed E-state index contributed by atoms with van der Waals surface area (Å²) in [7, 11) is 0. The van der Waals surface area contributed by atoms with E-state index in [0.29, 0.717) is 6.42 Å². The number of nitrogens with one attached hydrogen (secondary N) is 3. The molecule has 0 aromatic rings. The van der Waals surface area contributed by atoms with Crippen LogP contribution in [0.1, 0.15) is 59.3 Å². The fourth-order valence-corrected chi connectivity index (χ4v) is 7.59. The maximum Gasteiger partial charge on any atom is 0.471 e. The second-order valence-corrected chi connectivity index (χ2v) is 13.3. The molecule has 8 atom stereocenters. The van der Waals surface area contributed by atoms with Crippen LogP contribution in [-0.4, -0.2) is 64.9 Å². The number of alkyl halides is 3. The summed E-state index contributed by atoms with van der Waals surface area (Å²) in [6, 6.07) is -1.41. The Kier molecular flexibility index (Phi) is 6.94. The first-order valence-corrected chi connectivity index (χ1v) is 14.0. The van der Waals surface area contributed by atoms with Crippen LogP contribution in [0.5, 0.6) is 0 Å². The van der Waals surface area contributed by atoms with E-state index in [-0.39, 0.29) is 48.1 Å². The third-order valence-electron chi connectivity index (χ3n) is 9.69. The van der Waals surface area contributed by atoms with Crippen LogP contribution in [0.25, 0.3) is 0 Å². The van der Waals surface area contributed by atoms with Crippen molar-refractivity contribution in [2.75, 3.05) is 6.54 Å². The van der Waals surface area contributed by atoms with Crippen molar-refractivity contribution in [3.8, 4) is 6.07 Å². The van der Waals surface area contributed by atoms with Crippen LogP contribution in [0, 0.1) is 46.3 Å². The highest BCUT2D eigenvalue weighted by Crippen LogP contribution is 2.54. The molecule has 2 heterocycles. The molecule has 2 saturated carbocycles. The van der Waals surface area contributed by atoms with Gasteiger partial charge in [-0.3, -0.25) is 19.2 Å². The molecule has 1 spiro atoms. The van der Waals surface area contributed by atoms with E-state index in [1.807, 2.05) is 11.4 Å². The summed E-state index contributed by atoms with van der Waals surface area (Å²) in [4.78, 5) is 53.4. The first-order valence-electron chi connectivity index (χ1n) is 14.0. The van der Waals surface area contributed by atoms with Gasteiger partial charge in [0.2, 0.25) is 17.7 Å². The summed E-state index contributed by atoms with van der Waals surface area (Å²) >= 11 is 0. The van der Waals surface area contributed by atoms with E-state index in [1.54, 1.807) is 20.8 Å². The average molecular weight is 564 g/mol. The van der Waals surface area contributed by atoms with Gasteiger partial charge in [-0.2, -0.15) is 18.4 Å². The molecule has 9 nitrogen and oxygen atoms in total. The van der Waals surface area contributed by atoms with Crippen molar-refractivity contribution in [3.63, 3.8) is 0 Å². The second kappa shape index (κ2) is 9.77. The molecule has 2 bridgehead atoms. The summed E-state index contributed by atoms with van der Waals surface area (Å²) in [6.45, 7) is 4.83. The Morgan fingerprint density at radius 2 is 1.85 bits per heavy atom. The van der Waals surface area contributed by atoms with Crippen LogP contribution in [0.3, 0.4) is 0 Å². The van der Waals surface area contributed by atoms with Gasteiger partial charge in [-0.1, -0.05) is 32.9 Å². The van der Waals surface area contributed by atoms with Gasteiger partial charge in [-0.25, -0.2) is 0 Å². The Balaban J connectivity index is 1.36. The lowest BCUT2D eigenvalue weighted by Crippen LogP contribution is -2.60. The zero-order valence-corrected chi connectivity index (χ0v) is 22.9. The van der Waals surface area contributed by atoms with Crippen molar-refractivity contribution in [3.05, 3.63) is 12.2 Å². The maximum atomic E-state index is 13.8. The van der Waals surface area contributed by atoms with Crippen molar-refractivity contribution in [2.45, 2.75) is 89.1 Å². The van der Waals surface area contributed by atoms with E-state index >= 15 is 0 Å². The highest BCUT2D eigenvalue weighted by atomic mass is 19.4. The summed E-state index contributed by atoms with van der Waals surface area (Å²) in [5.41, 5.74) is -1.28. The zero-order valence-electron chi connectivity index (χ0n) is 22.9. The Bertz CT molecular complexity index is 1170. The number of nitrogens with zero attached hydrogens (tertiary/aromatic N) is 2. The molecule has 2 aliphatic heterocycles. The first-order chi connectivity index (χ1) is 18.6. The Morgan fingerprint density at radius 1 is 1.18 bits per heavy atom. The maximum absolute atomic E-state index is 13.8. The molecule has 218 valence electrons. The molecule has 2 saturated heterocycles. The standard InChI is InChI=1S/C28H36F3N5O4/c1-26(2,3)21(34-25(40)28(29,30)31)24(39)36-13-18-14-5-6-15(9-14)19(18)20(36)23(38)33-17(12-32)10-16-11-27(7-4-8-27)35-22(16)37/h5-6,14-21H,4,7-11,13H2,1-3H3,(H,33,38)(H,34,40)(H,35,37)/t14-,15+,16-,17+,18-,19+,20+,21-/m1/s1. The van der Waals surface area contributed by atoms with Gasteiger partial charge in [0, 0.05) is 18.0 Å². The van der Waals surface area contributed by atoms with E-state index in [4.69, 9.17) is 0 Å². The first kappa shape index (κ1) is 28.4. The number of fused-ring (bicyclic) bond motifs is 5. The molecule has 4 fully saturated rings. The second-order valence-electron chi connectivity index (χ2n) is 13.3. The van der Waals surface area contributed by atoms with Crippen LogP contribution < -0.4 is 16.0 Å². The summed E-state index contributed by atoms with van der Waals surface area (Å²) in [6.07, 6.45) is 3.34. The number of carbonyl (C=O) groups excluding carboxylic acids is 4. The van der Waals surface area contributed by atoms with Crippen molar-refractivity contribution < 1.29 is 32.3 Å². The molecule has 12 heteroatoms. The minimum Gasteiger partial charge on any atom is -0.350 e. The number of allylic oxidation sites excluding steroid dienone is 2. The van der Waals surface area contributed by atoms with Crippen molar-refractivity contribution >= 4 is 23.6 Å². The lowest BCUT2D eigenvalue weighted by molar-refractivity contribution is -0.176. The van der Waals surface area contributed by atoms with Crippen LogP contribution in [0.15, 0.2) is 12.2 Å². The minimum atomic E-state index is -5.17. The van der Waals surface area contributed by atoms with Crippen LogP contribution in [0.2, 0.25) is 0 Å². The largest absolute Gasteiger partial charge is 0.471 e. The third kappa shape index (κ3) is 4.96. The summed E-state index contributed by atoms with van der Waals surface area (Å²) < 4.78 is 39.4. The van der Waals surface area contributed by atoms with Gasteiger partial charge >= 0.3 is 12.1 Å². The molecule has 0 radical (unpaired) electrons. The van der Waals surface area contributed by atoms with Gasteiger partial charge in [-0.15, -0.1) is 0 Å². The van der Waals surface area contributed by atoms with Gasteiger partial charge in [0.25, 0.3) is 0 Å². The minimum absolute atomic E-state index is 0.0287. The topological polar surface area (TPSA) is 131 Å². The zero-order chi connectivity index (χ0) is 29.2. The molecule has 3 aliphatic carbocycles. The monoisotopic (exact) mass is 563 g/mol. The van der Waals surface area contributed by atoms with Crippen molar-refractivity contribution in [1.29, 1.82) is 5.26 Å². The van der Waals surface area contributed by atoms with E-state index < -0.39 is 53.4 Å². The highest BCUT2D eigenvalue weighted by Gasteiger charge is 2.59. The smallest absolute Gasteiger partial charge is 0.350 e. The van der Waals surface area contributed by atoms with E-state index in [0.717, 1.165) is 25.7 Å².